The average Bonchev–Trinajstić information content (AvgIpc) is 2.45. The molecule has 2 nitrogen and oxygen atoms in total. The van der Waals surface area contributed by atoms with Crippen molar-refractivity contribution in [3.05, 3.63) is 29.3 Å². The number of rotatable bonds is 5. The lowest BCUT2D eigenvalue weighted by molar-refractivity contribution is 0.313. The fraction of sp³-hybridized carbons (Fsp3) is 0.667. The van der Waals surface area contributed by atoms with Crippen LogP contribution in [0.3, 0.4) is 0 Å². The Morgan fingerprint density at radius 1 is 1.29 bits per heavy atom. The predicted molar refractivity (Wildman–Crippen MR) is 91.2 cm³/mol. The second-order valence-electron chi connectivity index (χ2n) is 6.58. The Bertz CT molecular complexity index is 498. The van der Waals surface area contributed by atoms with Gasteiger partial charge < -0.3 is 5.32 Å². The molecule has 0 radical (unpaired) electrons. The molecule has 0 amide bonds. The van der Waals surface area contributed by atoms with Crippen molar-refractivity contribution >= 4 is 10.8 Å². The lowest BCUT2D eigenvalue weighted by Gasteiger charge is -2.35. The van der Waals surface area contributed by atoms with Crippen LogP contribution in [0.25, 0.3) is 0 Å². The van der Waals surface area contributed by atoms with Gasteiger partial charge in [0, 0.05) is 10.9 Å². The van der Waals surface area contributed by atoms with Crippen LogP contribution in [0.4, 0.5) is 0 Å². The second-order valence-corrected chi connectivity index (χ2v) is 8.22. The lowest BCUT2D eigenvalue weighted by atomic mass is 9.87. The van der Waals surface area contributed by atoms with Crippen LogP contribution in [0.15, 0.2) is 23.1 Å². The first kappa shape index (κ1) is 16.7. The molecule has 0 heterocycles. The van der Waals surface area contributed by atoms with Gasteiger partial charge in [0.15, 0.2) is 0 Å². The molecule has 1 fully saturated rings. The average molecular weight is 308 g/mol. The van der Waals surface area contributed by atoms with Crippen molar-refractivity contribution in [2.24, 2.45) is 5.92 Å². The zero-order valence-electron chi connectivity index (χ0n) is 13.8. The van der Waals surface area contributed by atoms with Gasteiger partial charge in [-0.25, -0.2) is 0 Å². The van der Waals surface area contributed by atoms with Gasteiger partial charge in [-0.3, -0.25) is 4.21 Å². The van der Waals surface area contributed by atoms with E-state index in [1.54, 1.807) is 0 Å². The topological polar surface area (TPSA) is 29.1 Å². The molecular weight excluding hydrogens is 278 g/mol. The summed E-state index contributed by atoms with van der Waals surface area (Å²) >= 11 is 0. The number of hydrogen-bond acceptors (Lipinski definition) is 2. The molecule has 2 rings (SSSR count). The molecule has 0 saturated heterocycles. The third kappa shape index (κ3) is 4.17. The SMILES string of the molecule is CCCNC1CCC(C)CC1S(=O)c1ccc(C)cc1C. The predicted octanol–water partition coefficient (Wildman–Crippen LogP) is 3.97. The van der Waals surface area contributed by atoms with Crippen molar-refractivity contribution in [1.29, 1.82) is 0 Å². The third-order valence-electron chi connectivity index (χ3n) is 4.53. The van der Waals surface area contributed by atoms with E-state index in [4.69, 9.17) is 0 Å². The maximum absolute atomic E-state index is 13.1. The summed E-state index contributed by atoms with van der Waals surface area (Å²) < 4.78 is 13.1. The van der Waals surface area contributed by atoms with E-state index in [1.165, 1.54) is 17.5 Å². The summed E-state index contributed by atoms with van der Waals surface area (Å²) in [4.78, 5) is 1.03. The molecule has 0 bridgehead atoms. The van der Waals surface area contributed by atoms with Gasteiger partial charge in [0.05, 0.1) is 16.0 Å². The largest absolute Gasteiger partial charge is 0.313 e. The Kier molecular flexibility index (Phi) is 6.00. The van der Waals surface area contributed by atoms with Crippen molar-refractivity contribution < 1.29 is 4.21 Å². The molecule has 0 aromatic heterocycles. The molecule has 4 unspecified atom stereocenters. The molecule has 1 aliphatic carbocycles. The molecule has 1 aromatic carbocycles. The number of nitrogens with one attached hydrogen (secondary N) is 1. The number of hydrogen-bond donors (Lipinski definition) is 1. The smallest absolute Gasteiger partial charge is 0.0579 e. The molecule has 0 spiro atoms. The minimum atomic E-state index is -0.906. The van der Waals surface area contributed by atoms with Crippen LogP contribution in [0.5, 0.6) is 0 Å². The van der Waals surface area contributed by atoms with Gasteiger partial charge in [0.2, 0.25) is 0 Å². The first-order valence-electron chi connectivity index (χ1n) is 8.24. The van der Waals surface area contributed by atoms with E-state index in [9.17, 15) is 4.21 Å². The third-order valence-corrected chi connectivity index (χ3v) is 6.50. The summed E-state index contributed by atoms with van der Waals surface area (Å²) in [5.41, 5.74) is 2.41. The Balaban J connectivity index is 2.20. The Morgan fingerprint density at radius 3 is 2.71 bits per heavy atom. The summed E-state index contributed by atoms with van der Waals surface area (Å²) in [6, 6.07) is 6.70. The Labute approximate surface area is 132 Å². The van der Waals surface area contributed by atoms with E-state index in [0.29, 0.717) is 12.0 Å². The summed E-state index contributed by atoms with van der Waals surface area (Å²) in [6.07, 6.45) is 4.61. The summed E-state index contributed by atoms with van der Waals surface area (Å²) in [5, 5.41) is 3.88. The maximum Gasteiger partial charge on any atom is 0.0579 e. The highest BCUT2D eigenvalue weighted by Gasteiger charge is 2.33. The van der Waals surface area contributed by atoms with Crippen LogP contribution in [-0.2, 0) is 10.8 Å². The van der Waals surface area contributed by atoms with Gasteiger partial charge in [-0.2, -0.15) is 0 Å². The van der Waals surface area contributed by atoms with Crippen LogP contribution < -0.4 is 5.32 Å². The van der Waals surface area contributed by atoms with Crippen LogP contribution in [0, 0.1) is 19.8 Å². The zero-order chi connectivity index (χ0) is 15.4. The fourth-order valence-electron chi connectivity index (χ4n) is 3.32. The van der Waals surface area contributed by atoms with Crippen molar-refractivity contribution in [1.82, 2.24) is 5.32 Å². The first-order valence-corrected chi connectivity index (χ1v) is 9.45. The van der Waals surface area contributed by atoms with Gasteiger partial charge in [-0.05, 0) is 63.6 Å². The number of benzene rings is 1. The summed E-state index contributed by atoms with van der Waals surface area (Å²) in [5.74, 6) is 0.685. The molecule has 3 heteroatoms. The highest BCUT2D eigenvalue weighted by atomic mass is 32.2. The molecule has 1 N–H and O–H groups in total. The van der Waals surface area contributed by atoms with Gasteiger partial charge in [-0.15, -0.1) is 0 Å². The second kappa shape index (κ2) is 7.55. The van der Waals surface area contributed by atoms with Crippen molar-refractivity contribution in [2.75, 3.05) is 6.54 Å². The highest BCUT2D eigenvalue weighted by molar-refractivity contribution is 7.85. The Morgan fingerprint density at radius 2 is 2.05 bits per heavy atom. The molecular formula is C18H29NOS. The Hall–Kier alpha value is -0.670. The van der Waals surface area contributed by atoms with E-state index < -0.39 is 10.8 Å². The highest BCUT2D eigenvalue weighted by Crippen LogP contribution is 2.31. The van der Waals surface area contributed by atoms with E-state index in [-0.39, 0.29) is 5.25 Å². The molecule has 21 heavy (non-hydrogen) atoms. The molecule has 0 aliphatic heterocycles. The lowest BCUT2D eigenvalue weighted by Crippen LogP contribution is -2.46. The minimum Gasteiger partial charge on any atom is -0.313 e. The molecule has 1 aromatic rings. The molecule has 1 saturated carbocycles. The van der Waals surface area contributed by atoms with E-state index in [0.717, 1.165) is 30.7 Å². The summed E-state index contributed by atoms with van der Waals surface area (Å²) in [6.45, 7) is 9.69. The van der Waals surface area contributed by atoms with Gasteiger partial charge >= 0.3 is 0 Å². The van der Waals surface area contributed by atoms with Crippen LogP contribution in [0.1, 0.15) is 50.7 Å². The van der Waals surface area contributed by atoms with Gasteiger partial charge in [0.25, 0.3) is 0 Å². The quantitative estimate of drug-likeness (QED) is 0.892. The van der Waals surface area contributed by atoms with Gasteiger partial charge in [0.1, 0.15) is 0 Å². The first-order chi connectivity index (χ1) is 10.0. The van der Waals surface area contributed by atoms with Crippen LogP contribution in [-0.4, -0.2) is 22.0 Å². The standard InChI is InChI=1S/C18H29NOS/c1-5-10-19-16-8-6-14(3)12-18(16)21(20)17-9-7-13(2)11-15(17)4/h7,9,11,14,16,18-19H,5-6,8,10,12H2,1-4H3. The van der Waals surface area contributed by atoms with E-state index >= 15 is 0 Å². The molecule has 118 valence electrons. The van der Waals surface area contributed by atoms with E-state index in [1.807, 2.05) is 0 Å². The van der Waals surface area contributed by atoms with Crippen molar-refractivity contribution in [3.8, 4) is 0 Å². The summed E-state index contributed by atoms with van der Waals surface area (Å²) in [7, 11) is -0.906. The van der Waals surface area contributed by atoms with E-state index in [2.05, 4.69) is 51.2 Å². The monoisotopic (exact) mass is 307 g/mol. The van der Waals surface area contributed by atoms with Crippen LogP contribution >= 0.6 is 0 Å². The fourth-order valence-corrected chi connectivity index (χ4v) is 5.26. The maximum atomic E-state index is 13.1. The number of aryl methyl sites for hydroxylation is 2. The van der Waals surface area contributed by atoms with Crippen LogP contribution in [0.2, 0.25) is 0 Å². The molecule has 1 aliphatic rings. The van der Waals surface area contributed by atoms with Crippen molar-refractivity contribution in [3.63, 3.8) is 0 Å². The molecule has 4 atom stereocenters. The normalized spacial score (nSPS) is 27.5. The van der Waals surface area contributed by atoms with Crippen molar-refractivity contribution in [2.45, 2.75) is 69.6 Å². The minimum absolute atomic E-state index is 0.252. The van der Waals surface area contributed by atoms with Gasteiger partial charge in [-0.1, -0.05) is 31.5 Å². The zero-order valence-corrected chi connectivity index (χ0v) is 14.6.